The molecule has 0 saturated carbocycles. The fraction of sp³-hybridized carbons (Fsp3) is 0. The molecule has 0 aliphatic heterocycles. The van der Waals surface area contributed by atoms with E-state index >= 15 is 0 Å². The van der Waals surface area contributed by atoms with Crippen LogP contribution >= 0.6 is 0 Å². The zero-order chi connectivity index (χ0) is 15.3. The van der Waals surface area contributed by atoms with Gasteiger partial charge >= 0.3 is 10.2 Å². The lowest BCUT2D eigenvalue weighted by Gasteiger charge is -2.04. The SMILES string of the molecule is NS(=O)(=O)n1ccc2cnc(-c3ccnc4[nH]ccc34)nc21. The fourth-order valence-electron chi connectivity index (χ4n) is 2.39. The van der Waals surface area contributed by atoms with Gasteiger partial charge in [-0.25, -0.2) is 24.1 Å². The van der Waals surface area contributed by atoms with Gasteiger partial charge in [0, 0.05) is 41.1 Å². The quantitative estimate of drug-likeness (QED) is 0.572. The molecule has 0 saturated heterocycles. The van der Waals surface area contributed by atoms with E-state index in [0.717, 1.165) is 14.9 Å². The average molecular weight is 314 g/mol. The predicted octanol–water partition coefficient (Wildman–Crippen LogP) is 1.03. The maximum Gasteiger partial charge on any atom is 0.304 e. The minimum atomic E-state index is -3.91. The Labute approximate surface area is 124 Å². The highest BCUT2D eigenvalue weighted by Gasteiger charge is 2.14. The molecule has 4 rings (SSSR count). The van der Waals surface area contributed by atoms with Crippen molar-refractivity contribution in [2.75, 3.05) is 0 Å². The molecule has 0 atom stereocenters. The van der Waals surface area contributed by atoms with Gasteiger partial charge in [0.25, 0.3) is 0 Å². The summed E-state index contributed by atoms with van der Waals surface area (Å²) in [6.45, 7) is 0. The van der Waals surface area contributed by atoms with E-state index in [1.165, 1.54) is 6.20 Å². The van der Waals surface area contributed by atoms with E-state index in [9.17, 15) is 8.42 Å². The minimum absolute atomic E-state index is 0.244. The molecule has 0 radical (unpaired) electrons. The lowest BCUT2D eigenvalue weighted by atomic mass is 10.2. The predicted molar refractivity (Wildman–Crippen MR) is 81.1 cm³/mol. The molecule has 8 nitrogen and oxygen atoms in total. The fourth-order valence-corrected chi connectivity index (χ4v) is 3.00. The first-order chi connectivity index (χ1) is 10.5. The molecule has 3 N–H and O–H groups in total. The molecule has 4 heterocycles. The molecule has 0 aliphatic rings. The third kappa shape index (κ3) is 1.87. The van der Waals surface area contributed by atoms with Gasteiger partial charge in [0.1, 0.15) is 5.65 Å². The molecule has 110 valence electrons. The molecule has 0 aliphatic carbocycles. The summed E-state index contributed by atoms with van der Waals surface area (Å²) < 4.78 is 24.1. The van der Waals surface area contributed by atoms with Gasteiger partial charge in [-0.3, -0.25) is 0 Å². The van der Waals surface area contributed by atoms with Crippen LogP contribution in [0.4, 0.5) is 0 Å². The maximum absolute atomic E-state index is 11.6. The molecular weight excluding hydrogens is 304 g/mol. The van der Waals surface area contributed by atoms with Crippen LogP contribution in [-0.4, -0.2) is 32.3 Å². The Morgan fingerprint density at radius 3 is 2.86 bits per heavy atom. The van der Waals surface area contributed by atoms with E-state index in [2.05, 4.69) is 19.9 Å². The Morgan fingerprint density at radius 1 is 1.18 bits per heavy atom. The molecule has 0 bridgehead atoms. The molecular formula is C13H10N6O2S. The molecule has 0 fully saturated rings. The van der Waals surface area contributed by atoms with E-state index < -0.39 is 10.2 Å². The van der Waals surface area contributed by atoms with Gasteiger partial charge in [-0.15, -0.1) is 0 Å². The average Bonchev–Trinajstić information content (AvgIpc) is 3.11. The normalized spacial score (nSPS) is 12.2. The first-order valence-corrected chi connectivity index (χ1v) is 7.84. The van der Waals surface area contributed by atoms with Gasteiger partial charge < -0.3 is 4.98 Å². The van der Waals surface area contributed by atoms with Crippen molar-refractivity contribution in [3.8, 4) is 11.4 Å². The second-order valence-corrected chi connectivity index (χ2v) is 6.15. The van der Waals surface area contributed by atoms with Crippen LogP contribution in [0.2, 0.25) is 0 Å². The Kier molecular flexibility index (Phi) is 2.56. The summed E-state index contributed by atoms with van der Waals surface area (Å²) >= 11 is 0. The van der Waals surface area contributed by atoms with Crippen molar-refractivity contribution < 1.29 is 8.42 Å². The Hall–Kier alpha value is -2.78. The van der Waals surface area contributed by atoms with Crippen LogP contribution in [0.5, 0.6) is 0 Å². The number of H-pyrrole nitrogens is 1. The van der Waals surface area contributed by atoms with E-state index in [0.29, 0.717) is 16.9 Å². The second kappa shape index (κ2) is 4.36. The van der Waals surface area contributed by atoms with E-state index in [4.69, 9.17) is 5.14 Å². The summed E-state index contributed by atoms with van der Waals surface area (Å²) in [6, 6.07) is 5.24. The first-order valence-electron chi connectivity index (χ1n) is 6.34. The molecule has 4 aromatic heterocycles. The van der Waals surface area contributed by atoms with Crippen LogP contribution in [-0.2, 0) is 10.2 Å². The molecule has 22 heavy (non-hydrogen) atoms. The third-order valence-electron chi connectivity index (χ3n) is 3.37. The standard InChI is InChI=1S/C13H10N6O2S/c14-22(20,21)19-6-3-8-7-17-12(18-13(8)19)10-2-5-16-11-9(10)1-4-15-11/h1-7H,(H,15,16)(H2,14,20,21). The van der Waals surface area contributed by atoms with Crippen LogP contribution in [0.25, 0.3) is 33.5 Å². The van der Waals surface area contributed by atoms with Gasteiger partial charge in [-0.05, 0) is 18.2 Å². The van der Waals surface area contributed by atoms with Crippen molar-refractivity contribution in [3.63, 3.8) is 0 Å². The van der Waals surface area contributed by atoms with Crippen LogP contribution in [0.1, 0.15) is 0 Å². The molecule has 0 unspecified atom stereocenters. The highest BCUT2D eigenvalue weighted by atomic mass is 32.2. The molecule has 9 heteroatoms. The van der Waals surface area contributed by atoms with Crippen molar-refractivity contribution >= 4 is 32.3 Å². The number of hydrogen-bond acceptors (Lipinski definition) is 5. The van der Waals surface area contributed by atoms with Crippen LogP contribution in [0.15, 0.2) is 43.0 Å². The summed E-state index contributed by atoms with van der Waals surface area (Å²) in [5, 5.41) is 6.64. The van der Waals surface area contributed by atoms with Crippen LogP contribution in [0.3, 0.4) is 0 Å². The molecule has 4 aromatic rings. The van der Waals surface area contributed by atoms with Crippen molar-refractivity contribution in [2.24, 2.45) is 5.14 Å². The lowest BCUT2D eigenvalue weighted by Crippen LogP contribution is -2.21. The topological polar surface area (TPSA) is 120 Å². The summed E-state index contributed by atoms with van der Waals surface area (Å²) in [4.78, 5) is 15.9. The maximum atomic E-state index is 11.6. The highest BCUT2D eigenvalue weighted by Crippen LogP contribution is 2.25. The van der Waals surface area contributed by atoms with Crippen molar-refractivity contribution in [1.82, 2.24) is 23.9 Å². The molecule has 0 spiro atoms. The third-order valence-corrected chi connectivity index (χ3v) is 4.21. The van der Waals surface area contributed by atoms with E-state index in [1.54, 1.807) is 30.7 Å². The smallest absolute Gasteiger partial charge is 0.304 e. The van der Waals surface area contributed by atoms with Crippen molar-refractivity contribution in [1.29, 1.82) is 0 Å². The van der Waals surface area contributed by atoms with Gasteiger partial charge in [-0.1, -0.05) is 0 Å². The number of nitrogens with zero attached hydrogens (tertiary/aromatic N) is 4. The largest absolute Gasteiger partial charge is 0.346 e. The number of hydrogen-bond donors (Lipinski definition) is 2. The lowest BCUT2D eigenvalue weighted by molar-refractivity contribution is 0.590. The number of rotatable bonds is 2. The van der Waals surface area contributed by atoms with E-state index in [1.807, 2.05) is 6.07 Å². The zero-order valence-electron chi connectivity index (χ0n) is 11.1. The summed E-state index contributed by atoms with van der Waals surface area (Å²) in [5.74, 6) is 0.406. The second-order valence-electron chi connectivity index (χ2n) is 4.73. The summed E-state index contributed by atoms with van der Waals surface area (Å²) in [5.41, 5.74) is 1.71. The van der Waals surface area contributed by atoms with Gasteiger partial charge in [0.15, 0.2) is 11.5 Å². The molecule has 0 amide bonds. The minimum Gasteiger partial charge on any atom is -0.346 e. The monoisotopic (exact) mass is 314 g/mol. The zero-order valence-corrected chi connectivity index (χ0v) is 11.9. The highest BCUT2D eigenvalue weighted by molar-refractivity contribution is 7.87. The Bertz CT molecular complexity index is 1110. The first kappa shape index (κ1) is 12.9. The van der Waals surface area contributed by atoms with Gasteiger partial charge in [0.05, 0.1) is 0 Å². The number of nitrogens with two attached hydrogens (primary N) is 1. The van der Waals surface area contributed by atoms with Crippen molar-refractivity contribution in [3.05, 3.63) is 43.0 Å². The van der Waals surface area contributed by atoms with Gasteiger partial charge in [0.2, 0.25) is 0 Å². The van der Waals surface area contributed by atoms with Crippen LogP contribution < -0.4 is 5.14 Å². The van der Waals surface area contributed by atoms with E-state index in [-0.39, 0.29) is 5.65 Å². The number of aromatic amines is 1. The van der Waals surface area contributed by atoms with Crippen molar-refractivity contribution in [2.45, 2.75) is 0 Å². The van der Waals surface area contributed by atoms with Crippen LogP contribution in [0, 0.1) is 0 Å². The van der Waals surface area contributed by atoms with Gasteiger partial charge in [-0.2, -0.15) is 8.42 Å². The summed E-state index contributed by atoms with van der Waals surface area (Å²) in [7, 11) is -3.91. The Morgan fingerprint density at radius 2 is 2.05 bits per heavy atom. The molecule has 0 aromatic carbocycles. The Balaban J connectivity index is 2.02. The number of aromatic nitrogens is 5. The number of fused-ring (bicyclic) bond motifs is 2. The number of pyridine rings is 1. The number of nitrogens with one attached hydrogen (secondary N) is 1. The summed E-state index contributed by atoms with van der Waals surface area (Å²) in [6.07, 6.45) is 6.34.